The van der Waals surface area contributed by atoms with Gasteiger partial charge >= 0.3 is 0 Å². The third-order valence-corrected chi connectivity index (χ3v) is 9.33. The smallest absolute Gasteiger partial charge is 0.164 e. The minimum atomic E-state index is -0.377. The van der Waals surface area contributed by atoms with Crippen LogP contribution >= 0.6 is 0 Å². The van der Waals surface area contributed by atoms with Crippen molar-refractivity contribution >= 4 is 27.3 Å². The maximum Gasteiger partial charge on any atom is 0.164 e. The molecule has 4 heteroatoms. The number of hydrogen-bond donors (Lipinski definition) is 1. The molecule has 1 heterocycles. The van der Waals surface area contributed by atoms with Gasteiger partial charge in [-0.25, -0.2) is 0 Å². The van der Waals surface area contributed by atoms with E-state index in [4.69, 9.17) is 4.98 Å². The molecular weight excluding hydrogens is 707 g/mol. The Kier molecular flexibility index (Phi) is 11.2. The van der Waals surface area contributed by atoms with Crippen molar-refractivity contribution in [1.29, 1.82) is 0 Å². The molecule has 231 valence electrons. The first kappa shape index (κ1) is 34.7. The van der Waals surface area contributed by atoms with Crippen LogP contribution in [0.3, 0.4) is 0 Å². The van der Waals surface area contributed by atoms with E-state index in [1.54, 1.807) is 5.56 Å². The molecule has 1 aromatic heterocycles. The molecule has 0 spiro atoms. The number of nitrogens with zero attached hydrogens (tertiary/aromatic N) is 1. The predicted octanol–water partition coefficient (Wildman–Crippen LogP) is 10.5. The summed E-state index contributed by atoms with van der Waals surface area (Å²) in [5.41, 5.74) is 8.32. The number of aliphatic hydroxyl groups excluding tert-OH is 1. The summed E-state index contributed by atoms with van der Waals surface area (Å²) < 4.78 is 0. The molecule has 0 fully saturated rings. The van der Waals surface area contributed by atoms with Crippen molar-refractivity contribution in [2.75, 3.05) is 0 Å². The van der Waals surface area contributed by atoms with Crippen molar-refractivity contribution in [3.8, 4) is 11.3 Å². The molecule has 1 N–H and O–H groups in total. The first-order chi connectivity index (χ1) is 19.8. The topological polar surface area (TPSA) is 50.2 Å². The van der Waals surface area contributed by atoms with Gasteiger partial charge in [0.1, 0.15) is 5.76 Å². The van der Waals surface area contributed by atoms with Crippen LogP contribution in [0, 0.1) is 37.7 Å². The van der Waals surface area contributed by atoms with Crippen molar-refractivity contribution in [2.45, 2.75) is 101 Å². The third kappa shape index (κ3) is 7.65. The zero-order chi connectivity index (χ0) is 30.8. The molecule has 0 amide bonds. The molecule has 0 saturated heterocycles. The van der Waals surface area contributed by atoms with Gasteiger partial charge in [-0.1, -0.05) is 73.6 Å². The molecule has 0 atom stereocenters. The van der Waals surface area contributed by atoms with Gasteiger partial charge in [-0.05, 0) is 95.4 Å². The summed E-state index contributed by atoms with van der Waals surface area (Å²) in [6, 6.07) is 17.3. The monoisotopic (exact) mass is 755 g/mol. The number of aliphatic hydroxyl groups is 1. The fourth-order valence-electron chi connectivity index (χ4n) is 5.61. The van der Waals surface area contributed by atoms with Gasteiger partial charge in [0, 0.05) is 43.2 Å². The fourth-order valence-corrected chi connectivity index (χ4v) is 5.61. The van der Waals surface area contributed by atoms with Gasteiger partial charge in [0.25, 0.3) is 0 Å². The van der Waals surface area contributed by atoms with Crippen LogP contribution < -0.4 is 0 Å². The Bertz CT molecular complexity index is 1640. The molecule has 5 rings (SSSR count). The van der Waals surface area contributed by atoms with E-state index in [0.717, 1.165) is 29.7 Å². The van der Waals surface area contributed by atoms with Crippen LogP contribution in [0.2, 0.25) is 0 Å². The number of fused-ring (bicyclic) bond motifs is 4. The number of aromatic nitrogens is 1. The Balaban J connectivity index is 0.000000274. The summed E-state index contributed by atoms with van der Waals surface area (Å²) in [7, 11) is 0. The van der Waals surface area contributed by atoms with E-state index in [1.165, 1.54) is 70.0 Å². The van der Waals surface area contributed by atoms with Crippen LogP contribution in [-0.4, -0.2) is 15.9 Å². The van der Waals surface area contributed by atoms with Crippen LogP contribution in [0.4, 0.5) is 0 Å². The van der Waals surface area contributed by atoms with Crippen LogP contribution in [0.5, 0.6) is 0 Å². The summed E-state index contributed by atoms with van der Waals surface area (Å²) >= 11 is 0. The molecule has 0 unspecified atom stereocenters. The second-order valence-electron chi connectivity index (χ2n) is 13.4. The van der Waals surface area contributed by atoms with E-state index >= 15 is 0 Å². The number of hydrogen-bond acceptors (Lipinski definition) is 3. The number of aryl methyl sites for hydroxylation is 5. The predicted molar refractivity (Wildman–Crippen MR) is 178 cm³/mol. The van der Waals surface area contributed by atoms with Crippen molar-refractivity contribution < 1.29 is 30.0 Å². The van der Waals surface area contributed by atoms with Crippen molar-refractivity contribution in [1.82, 2.24) is 4.98 Å². The SMILES string of the molecule is CCC(C)(C)C(=O)/C=C(\O)C(C)(C)CC.Cc1[c-]c(-c2nccc3cc(C)c4cc5c(cc4c23)CCCC5)cc(C)c1.[Ir]. The summed E-state index contributed by atoms with van der Waals surface area (Å²) in [6.07, 6.45) is 9.96. The van der Waals surface area contributed by atoms with Gasteiger partial charge in [0.05, 0.1) is 0 Å². The van der Waals surface area contributed by atoms with Gasteiger partial charge in [-0.3, -0.25) is 4.79 Å². The number of pyridine rings is 1. The van der Waals surface area contributed by atoms with Gasteiger partial charge < -0.3 is 10.1 Å². The summed E-state index contributed by atoms with van der Waals surface area (Å²) in [4.78, 5) is 16.7. The van der Waals surface area contributed by atoms with Gasteiger partial charge in [0.2, 0.25) is 0 Å². The average molecular weight is 755 g/mol. The molecule has 1 radical (unpaired) electrons. The van der Waals surface area contributed by atoms with E-state index in [0.29, 0.717) is 0 Å². The van der Waals surface area contributed by atoms with Crippen LogP contribution in [0.1, 0.15) is 95.0 Å². The van der Waals surface area contributed by atoms with Crippen molar-refractivity contribution in [3.05, 3.63) is 88.3 Å². The Morgan fingerprint density at radius 2 is 1.51 bits per heavy atom. The molecule has 1 aliphatic carbocycles. The molecule has 0 saturated carbocycles. The second-order valence-corrected chi connectivity index (χ2v) is 13.4. The number of carbonyl (C=O) groups excluding carboxylic acids is 1. The zero-order valence-corrected chi connectivity index (χ0v) is 29.9. The molecule has 0 aliphatic heterocycles. The van der Waals surface area contributed by atoms with Crippen molar-refractivity contribution in [3.63, 3.8) is 0 Å². The second kappa shape index (κ2) is 13.9. The largest absolute Gasteiger partial charge is 0.512 e. The summed E-state index contributed by atoms with van der Waals surface area (Å²) in [5.74, 6) is 0.195. The molecule has 43 heavy (non-hydrogen) atoms. The van der Waals surface area contributed by atoms with Gasteiger partial charge in [-0.15, -0.1) is 34.9 Å². The standard InChI is InChI=1S/C26H24N.C13H24O2.Ir/c1-16-10-17(2)12-22(11-16)26-25-21(8-9-27-26)13-18(3)23-14-19-6-4-5-7-20(19)15-24(23)25;1-7-12(3,4)10(14)9-11(15)13(5,6)8-2;/h8-11,13-15H,4-7H2,1-3H3;9,14H,7-8H2,1-6H3;/q-1;;/b;10-9-;. The number of carbonyl (C=O) groups is 1. The summed E-state index contributed by atoms with van der Waals surface area (Å²) in [6.45, 7) is 18.1. The van der Waals surface area contributed by atoms with E-state index in [9.17, 15) is 9.90 Å². The van der Waals surface area contributed by atoms with Gasteiger partial charge in [0.15, 0.2) is 5.78 Å². The van der Waals surface area contributed by atoms with Crippen LogP contribution in [-0.2, 0) is 37.7 Å². The fraction of sp³-hybridized carbons (Fsp3) is 0.436. The molecule has 0 bridgehead atoms. The molecule has 4 aromatic rings. The minimum absolute atomic E-state index is 0. The number of allylic oxidation sites excluding steroid dienone is 2. The molecule has 3 aromatic carbocycles. The van der Waals surface area contributed by atoms with E-state index in [2.05, 4.69) is 63.2 Å². The normalized spacial score (nSPS) is 13.7. The minimum Gasteiger partial charge on any atom is -0.512 e. The summed E-state index contributed by atoms with van der Waals surface area (Å²) in [5, 5.41) is 15.1. The Hall–Kier alpha value is -2.81. The Morgan fingerprint density at radius 1 is 0.907 bits per heavy atom. The van der Waals surface area contributed by atoms with E-state index in [1.807, 2.05) is 47.7 Å². The molecular formula is C39H48IrNO2-. The van der Waals surface area contributed by atoms with Crippen LogP contribution in [0.15, 0.2) is 54.4 Å². The van der Waals surface area contributed by atoms with Crippen molar-refractivity contribution in [2.24, 2.45) is 10.8 Å². The van der Waals surface area contributed by atoms with E-state index < -0.39 is 0 Å². The number of rotatable bonds is 6. The maximum atomic E-state index is 11.8. The quantitative estimate of drug-likeness (QED) is 0.0923. The molecule has 1 aliphatic rings. The first-order valence-corrected chi connectivity index (χ1v) is 15.6. The average Bonchev–Trinajstić information content (AvgIpc) is 2.95. The number of ketones is 1. The van der Waals surface area contributed by atoms with E-state index in [-0.39, 0.29) is 42.5 Å². The Labute approximate surface area is 272 Å². The maximum absolute atomic E-state index is 11.8. The van der Waals surface area contributed by atoms with Crippen LogP contribution in [0.25, 0.3) is 32.8 Å². The third-order valence-electron chi connectivity index (χ3n) is 9.33. The zero-order valence-electron chi connectivity index (χ0n) is 27.5. The first-order valence-electron chi connectivity index (χ1n) is 15.6. The van der Waals surface area contributed by atoms with Gasteiger partial charge in [-0.2, -0.15) is 0 Å². The number of benzene rings is 3. The molecule has 3 nitrogen and oxygen atoms in total. The Morgan fingerprint density at radius 3 is 2.09 bits per heavy atom.